The van der Waals surface area contributed by atoms with E-state index in [1.54, 1.807) is 21.3 Å². The highest BCUT2D eigenvalue weighted by molar-refractivity contribution is 5.98. The fourth-order valence-corrected chi connectivity index (χ4v) is 4.71. The lowest BCUT2D eigenvalue weighted by molar-refractivity contribution is 0.363. The van der Waals surface area contributed by atoms with E-state index in [0.717, 1.165) is 35.7 Å². The molecule has 0 bridgehead atoms. The van der Waals surface area contributed by atoms with Gasteiger partial charge in [-0.2, -0.15) is 0 Å². The van der Waals surface area contributed by atoms with Crippen LogP contribution in [0.15, 0.2) is 78.4 Å². The van der Waals surface area contributed by atoms with E-state index in [4.69, 9.17) is 14.2 Å². The average molecular weight is 401 g/mol. The van der Waals surface area contributed by atoms with Gasteiger partial charge in [-0.05, 0) is 35.1 Å². The van der Waals surface area contributed by atoms with Crippen LogP contribution < -0.4 is 14.2 Å². The molecule has 0 aromatic heterocycles. The molecule has 0 saturated carbocycles. The first-order chi connectivity index (χ1) is 14.7. The monoisotopic (exact) mass is 400 g/mol. The first kappa shape index (κ1) is 20.1. The maximum Gasteiger partial charge on any atom is 0.130 e. The predicted octanol–water partition coefficient (Wildman–Crippen LogP) is 6.07. The second-order valence-corrected chi connectivity index (χ2v) is 7.55. The molecule has 3 aromatic carbocycles. The highest BCUT2D eigenvalue weighted by Gasteiger charge is 2.55. The Morgan fingerprint density at radius 1 is 0.733 bits per heavy atom. The lowest BCUT2D eigenvalue weighted by Gasteiger charge is -2.25. The van der Waals surface area contributed by atoms with Crippen LogP contribution in [0.1, 0.15) is 30.0 Å². The minimum atomic E-state index is -0.222. The average Bonchev–Trinajstić information content (AvgIpc) is 3.46. The molecule has 154 valence electrons. The van der Waals surface area contributed by atoms with Crippen LogP contribution in [0.3, 0.4) is 0 Å². The molecule has 1 aliphatic carbocycles. The second-order valence-electron chi connectivity index (χ2n) is 7.55. The molecule has 0 N–H and O–H groups in total. The van der Waals surface area contributed by atoms with Gasteiger partial charge in [0.25, 0.3) is 0 Å². The van der Waals surface area contributed by atoms with Gasteiger partial charge in [0.15, 0.2) is 0 Å². The van der Waals surface area contributed by atoms with Crippen LogP contribution in [-0.2, 0) is 11.8 Å². The Kier molecular flexibility index (Phi) is 5.54. The SMILES string of the molecule is CCC1(c2c(OC)cc(OC)cc2OC)C(Cc2ccccc2)=C1c1ccccc1. The summed E-state index contributed by atoms with van der Waals surface area (Å²) >= 11 is 0. The summed E-state index contributed by atoms with van der Waals surface area (Å²) in [7, 11) is 5.08. The molecule has 3 heteroatoms. The van der Waals surface area contributed by atoms with Crippen molar-refractivity contribution in [2.24, 2.45) is 0 Å². The van der Waals surface area contributed by atoms with Gasteiger partial charge in [0.2, 0.25) is 0 Å². The molecule has 0 saturated heterocycles. The molecule has 0 fully saturated rings. The van der Waals surface area contributed by atoms with Gasteiger partial charge in [0.05, 0.1) is 26.9 Å². The van der Waals surface area contributed by atoms with Crippen molar-refractivity contribution in [1.82, 2.24) is 0 Å². The molecule has 0 aliphatic heterocycles. The smallest absolute Gasteiger partial charge is 0.130 e. The van der Waals surface area contributed by atoms with E-state index in [0.29, 0.717) is 0 Å². The third kappa shape index (κ3) is 3.24. The molecule has 0 heterocycles. The fraction of sp³-hybridized carbons (Fsp3) is 0.259. The van der Waals surface area contributed by atoms with Crippen molar-refractivity contribution in [1.29, 1.82) is 0 Å². The zero-order valence-corrected chi connectivity index (χ0v) is 18.1. The van der Waals surface area contributed by atoms with E-state index in [1.165, 1.54) is 22.3 Å². The van der Waals surface area contributed by atoms with Crippen molar-refractivity contribution in [3.63, 3.8) is 0 Å². The second kappa shape index (κ2) is 8.27. The summed E-state index contributed by atoms with van der Waals surface area (Å²) < 4.78 is 17.2. The van der Waals surface area contributed by atoms with Gasteiger partial charge in [-0.3, -0.25) is 0 Å². The van der Waals surface area contributed by atoms with Crippen LogP contribution in [0.4, 0.5) is 0 Å². The van der Waals surface area contributed by atoms with Crippen molar-refractivity contribution in [2.75, 3.05) is 21.3 Å². The van der Waals surface area contributed by atoms with Gasteiger partial charge in [0, 0.05) is 17.5 Å². The Bertz CT molecular complexity index is 1030. The number of ether oxygens (including phenoxy) is 3. The van der Waals surface area contributed by atoms with Crippen molar-refractivity contribution in [3.05, 3.63) is 95.1 Å². The van der Waals surface area contributed by atoms with Crippen LogP contribution in [0.5, 0.6) is 17.2 Å². The number of rotatable bonds is 8. The molecule has 0 spiro atoms. The maximum atomic E-state index is 5.85. The first-order valence-electron chi connectivity index (χ1n) is 10.3. The normalized spacial score (nSPS) is 17.6. The number of allylic oxidation sites excluding steroid dienone is 2. The summed E-state index contributed by atoms with van der Waals surface area (Å²) in [6, 6.07) is 25.2. The predicted molar refractivity (Wildman–Crippen MR) is 122 cm³/mol. The summed E-state index contributed by atoms with van der Waals surface area (Å²) in [6.07, 6.45) is 1.83. The lowest BCUT2D eigenvalue weighted by atomic mass is 9.81. The lowest BCUT2D eigenvalue weighted by Crippen LogP contribution is -2.16. The van der Waals surface area contributed by atoms with E-state index in [9.17, 15) is 0 Å². The minimum absolute atomic E-state index is 0.222. The van der Waals surface area contributed by atoms with Crippen LogP contribution >= 0.6 is 0 Å². The Labute approximate surface area is 178 Å². The molecule has 3 aromatic rings. The number of methoxy groups -OCH3 is 3. The molecule has 1 unspecified atom stereocenters. The van der Waals surface area contributed by atoms with Gasteiger partial charge in [-0.15, -0.1) is 0 Å². The van der Waals surface area contributed by atoms with Gasteiger partial charge in [-0.25, -0.2) is 0 Å². The van der Waals surface area contributed by atoms with E-state index >= 15 is 0 Å². The van der Waals surface area contributed by atoms with Crippen molar-refractivity contribution < 1.29 is 14.2 Å². The third-order valence-electron chi connectivity index (χ3n) is 6.14. The van der Waals surface area contributed by atoms with E-state index in [2.05, 4.69) is 67.6 Å². The molecule has 30 heavy (non-hydrogen) atoms. The Morgan fingerprint density at radius 3 is 1.80 bits per heavy atom. The Hall–Kier alpha value is -3.20. The Morgan fingerprint density at radius 2 is 1.30 bits per heavy atom. The molecule has 0 radical (unpaired) electrons. The summed E-state index contributed by atoms with van der Waals surface area (Å²) in [6.45, 7) is 2.24. The molecular weight excluding hydrogens is 372 g/mol. The van der Waals surface area contributed by atoms with Gasteiger partial charge in [0.1, 0.15) is 17.2 Å². The summed E-state index contributed by atoms with van der Waals surface area (Å²) in [5, 5.41) is 0. The Balaban J connectivity index is 1.90. The van der Waals surface area contributed by atoms with E-state index in [1.807, 2.05) is 12.1 Å². The van der Waals surface area contributed by atoms with Crippen LogP contribution in [-0.4, -0.2) is 21.3 Å². The number of hydrogen-bond acceptors (Lipinski definition) is 3. The minimum Gasteiger partial charge on any atom is -0.496 e. The topological polar surface area (TPSA) is 27.7 Å². The van der Waals surface area contributed by atoms with Crippen LogP contribution in [0, 0.1) is 0 Å². The summed E-state index contributed by atoms with van der Waals surface area (Å²) in [4.78, 5) is 0. The van der Waals surface area contributed by atoms with Crippen molar-refractivity contribution in [2.45, 2.75) is 25.2 Å². The zero-order valence-electron chi connectivity index (χ0n) is 18.1. The molecule has 1 aliphatic rings. The molecule has 1 atom stereocenters. The molecule has 0 amide bonds. The first-order valence-corrected chi connectivity index (χ1v) is 10.3. The van der Waals surface area contributed by atoms with Gasteiger partial charge < -0.3 is 14.2 Å². The zero-order chi connectivity index (χ0) is 21.1. The van der Waals surface area contributed by atoms with Crippen molar-refractivity contribution >= 4 is 5.57 Å². The molecular formula is C27H28O3. The van der Waals surface area contributed by atoms with Gasteiger partial charge >= 0.3 is 0 Å². The molecule has 4 rings (SSSR count). The number of benzene rings is 3. The van der Waals surface area contributed by atoms with Gasteiger partial charge in [-0.1, -0.05) is 67.6 Å². The van der Waals surface area contributed by atoms with Crippen LogP contribution in [0.25, 0.3) is 5.57 Å². The summed E-state index contributed by atoms with van der Waals surface area (Å²) in [5.74, 6) is 2.32. The highest BCUT2D eigenvalue weighted by Crippen LogP contribution is 2.66. The maximum absolute atomic E-state index is 5.85. The van der Waals surface area contributed by atoms with Crippen molar-refractivity contribution in [3.8, 4) is 17.2 Å². The quantitative estimate of drug-likeness (QED) is 0.459. The van der Waals surface area contributed by atoms with E-state index in [-0.39, 0.29) is 5.41 Å². The van der Waals surface area contributed by atoms with E-state index < -0.39 is 0 Å². The molecule has 3 nitrogen and oxygen atoms in total. The fourth-order valence-electron chi connectivity index (χ4n) is 4.71. The number of hydrogen-bond donors (Lipinski definition) is 0. The largest absolute Gasteiger partial charge is 0.496 e. The third-order valence-corrected chi connectivity index (χ3v) is 6.14. The standard InChI is InChI=1S/C27H28O3/c1-5-27(26-23(29-3)17-21(28-2)18-24(26)30-4)22(16-19-12-8-6-9-13-19)25(27)20-14-10-7-11-15-20/h6-15,17-18H,5,16H2,1-4H3. The summed E-state index contributed by atoms with van der Waals surface area (Å²) in [5.41, 5.74) is 6.22. The van der Waals surface area contributed by atoms with Crippen LogP contribution in [0.2, 0.25) is 0 Å². The highest BCUT2D eigenvalue weighted by atomic mass is 16.5.